The quantitative estimate of drug-likeness (QED) is 0.427. The van der Waals surface area contributed by atoms with Crippen molar-refractivity contribution in [2.75, 3.05) is 31.8 Å². The SMILES string of the molecule is C#CC.CS/C=C/NC/C=C/C=Nc1cc(C(F)(F)F)cnc1N(C)C. The fourth-order valence-corrected chi connectivity index (χ4v) is 1.78. The van der Waals surface area contributed by atoms with Gasteiger partial charge in [0.15, 0.2) is 5.82 Å². The van der Waals surface area contributed by atoms with Gasteiger partial charge in [-0.05, 0) is 30.7 Å². The van der Waals surface area contributed by atoms with E-state index in [2.05, 4.69) is 27.6 Å². The van der Waals surface area contributed by atoms with E-state index in [-0.39, 0.29) is 5.69 Å². The molecule has 0 saturated carbocycles. The van der Waals surface area contributed by atoms with Crippen LogP contribution in [0.3, 0.4) is 0 Å². The van der Waals surface area contributed by atoms with Gasteiger partial charge in [0.25, 0.3) is 0 Å². The van der Waals surface area contributed by atoms with Crippen molar-refractivity contribution in [1.29, 1.82) is 0 Å². The molecule has 1 N–H and O–H groups in total. The van der Waals surface area contributed by atoms with E-state index in [0.29, 0.717) is 12.4 Å². The van der Waals surface area contributed by atoms with Crippen LogP contribution >= 0.6 is 11.8 Å². The van der Waals surface area contributed by atoms with Crippen molar-refractivity contribution >= 4 is 29.5 Å². The highest BCUT2D eigenvalue weighted by atomic mass is 32.2. The Labute approximate surface area is 157 Å². The van der Waals surface area contributed by atoms with Gasteiger partial charge in [-0.3, -0.25) is 4.99 Å². The Morgan fingerprint density at radius 3 is 2.62 bits per heavy atom. The molecule has 0 unspecified atom stereocenters. The summed E-state index contributed by atoms with van der Waals surface area (Å²) < 4.78 is 38.3. The maximum atomic E-state index is 12.8. The molecule has 1 aromatic rings. The number of allylic oxidation sites excluding steroid dienone is 1. The van der Waals surface area contributed by atoms with Crippen LogP contribution in [0.4, 0.5) is 24.7 Å². The number of terminal acetylenes is 1. The molecule has 0 spiro atoms. The molecule has 1 heterocycles. The Morgan fingerprint density at radius 2 is 2.08 bits per heavy atom. The lowest BCUT2D eigenvalue weighted by molar-refractivity contribution is -0.137. The highest BCUT2D eigenvalue weighted by molar-refractivity contribution is 8.01. The van der Waals surface area contributed by atoms with E-state index in [9.17, 15) is 13.2 Å². The fourth-order valence-electron chi connectivity index (χ4n) is 1.54. The molecule has 0 atom stereocenters. The Bertz CT molecular complexity index is 659. The van der Waals surface area contributed by atoms with E-state index in [0.717, 1.165) is 12.3 Å². The average Bonchev–Trinajstić information content (AvgIpc) is 2.57. The van der Waals surface area contributed by atoms with E-state index < -0.39 is 11.7 Å². The minimum atomic E-state index is -4.44. The van der Waals surface area contributed by atoms with Crippen LogP contribution in [-0.2, 0) is 6.18 Å². The largest absolute Gasteiger partial charge is 0.417 e. The Kier molecular flexibility index (Phi) is 11.7. The van der Waals surface area contributed by atoms with Crippen LogP contribution in [0.25, 0.3) is 0 Å². The molecule has 8 heteroatoms. The summed E-state index contributed by atoms with van der Waals surface area (Å²) in [4.78, 5) is 9.52. The fraction of sp³-hybridized carbons (Fsp3) is 0.333. The summed E-state index contributed by atoms with van der Waals surface area (Å²) in [6.07, 6.45) is 9.66. The van der Waals surface area contributed by atoms with Gasteiger partial charge >= 0.3 is 6.18 Å². The zero-order chi connectivity index (χ0) is 20.0. The number of hydrogen-bond donors (Lipinski definition) is 1. The molecule has 142 valence electrons. The Morgan fingerprint density at radius 1 is 1.42 bits per heavy atom. The third kappa shape index (κ3) is 9.79. The number of nitrogens with one attached hydrogen (secondary N) is 1. The Balaban J connectivity index is 0.00000194. The van der Waals surface area contributed by atoms with E-state index in [1.807, 2.05) is 23.9 Å². The molecule has 26 heavy (non-hydrogen) atoms. The number of aromatic nitrogens is 1. The molecular formula is C18H23F3N4S. The number of alkyl halides is 3. The van der Waals surface area contributed by atoms with Crippen LogP contribution in [-0.4, -0.2) is 38.1 Å². The van der Waals surface area contributed by atoms with E-state index >= 15 is 0 Å². The van der Waals surface area contributed by atoms with Gasteiger partial charge in [-0.15, -0.1) is 24.1 Å². The molecule has 0 saturated heterocycles. The lowest BCUT2D eigenvalue weighted by Crippen LogP contribution is -2.13. The monoisotopic (exact) mass is 384 g/mol. The second-order valence-corrected chi connectivity index (χ2v) is 5.64. The minimum absolute atomic E-state index is 0.171. The van der Waals surface area contributed by atoms with E-state index in [1.165, 1.54) is 6.21 Å². The maximum Gasteiger partial charge on any atom is 0.417 e. The predicted octanol–water partition coefficient (Wildman–Crippen LogP) is 4.49. The molecule has 1 rings (SSSR count). The van der Waals surface area contributed by atoms with E-state index in [1.54, 1.807) is 43.8 Å². The minimum Gasteiger partial charge on any atom is -0.387 e. The molecule has 0 radical (unpaired) electrons. The molecular weight excluding hydrogens is 361 g/mol. The number of pyridine rings is 1. The number of nitrogens with zero attached hydrogens (tertiary/aromatic N) is 3. The van der Waals surface area contributed by atoms with Gasteiger partial charge < -0.3 is 10.2 Å². The van der Waals surface area contributed by atoms with Crippen molar-refractivity contribution in [1.82, 2.24) is 10.3 Å². The van der Waals surface area contributed by atoms with Gasteiger partial charge in [-0.2, -0.15) is 13.2 Å². The summed E-state index contributed by atoms with van der Waals surface area (Å²) >= 11 is 1.58. The van der Waals surface area contributed by atoms with Gasteiger partial charge in [0.05, 0.1) is 5.56 Å². The first-order valence-electron chi connectivity index (χ1n) is 7.50. The average molecular weight is 384 g/mol. The number of anilines is 1. The molecule has 0 aromatic carbocycles. The summed E-state index contributed by atoms with van der Waals surface area (Å²) in [5.41, 5.74) is -0.646. The number of rotatable bonds is 7. The summed E-state index contributed by atoms with van der Waals surface area (Å²) in [6.45, 7) is 2.25. The molecule has 0 fully saturated rings. The molecule has 0 amide bonds. The number of halogens is 3. The third-order valence-corrected chi connectivity index (χ3v) is 3.00. The maximum absolute atomic E-state index is 12.8. The molecule has 4 nitrogen and oxygen atoms in total. The lowest BCUT2D eigenvalue weighted by atomic mass is 10.2. The van der Waals surface area contributed by atoms with Crippen molar-refractivity contribution < 1.29 is 13.2 Å². The Hall–Kier alpha value is -2.40. The second kappa shape index (κ2) is 12.9. The van der Waals surface area contributed by atoms with Gasteiger partial charge in [-0.1, -0.05) is 6.08 Å². The van der Waals surface area contributed by atoms with Crippen LogP contribution in [0, 0.1) is 12.3 Å². The summed E-state index contributed by atoms with van der Waals surface area (Å²) in [6, 6.07) is 0.992. The second-order valence-electron chi connectivity index (χ2n) is 4.90. The van der Waals surface area contributed by atoms with Crippen LogP contribution in [0.2, 0.25) is 0 Å². The van der Waals surface area contributed by atoms with Crippen LogP contribution in [0.5, 0.6) is 0 Å². The highest BCUT2D eigenvalue weighted by Crippen LogP contribution is 2.34. The van der Waals surface area contributed by atoms with Crippen molar-refractivity contribution in [3.63, 3.8) is 0 Å². The first-order valence-corrected chi connectivity index (χ1v) is 8.79. The van der Waals surface area contributed by atoms with Gasteiger partial charge in [0.1, 0.15) is 5.69 Å². The number of aliphatic imine (C=N–C) groups is 1. The predicted molar refractivity (Wildman–Crippen MR) is 106 cm³/mol. The zero-order valence-corrected chi connectivity index (χ0v) is 16.0. The van der Waals surface area contributed by atoms with Crippen molar-refractivity contribution in [3.05, 3.63) is 41.6 Å². The summed E-state index contributed by atoms with van der Waals surface area (Å²) in [5.74, 6) is 2.63. The standard InChI is InChI=1S/C15H19F3N4S.C3H4/c1-22(2)14-13(10-12(11-21-14)15(16,17)18)20-7-5-4-6-19-8-9-23-3;1-3-2/h4-5,7-11,19H,6H2,1-3H3;1H,2H3/b5-4+,9-8+,20-7?;. The van der Waals surface area contributed by atoms with E-state index in [4.69, 9.17) is 0 Å². The highest BCUT2D eigenvalue weighted by Gasteiger charge is 2.31. The first-order chi connectivity index (χ1) is 12.3. The number of hydrogen-bond acceptors (Lipinski definition) is 5. The van der Waals surface area contributed by atoms with Crippen LogP contribution < -0.4 is 10.2 Å². The molecule has 0 aliphatic carbocycles. The summed E-state index contributed by atoms with van der Waals surface area (Å²) in [7, 11) is 3.40. The molecule has 0 aliphatic heterocycles. The van der Waals surface area contributed by atoms with Gasteiger partial charge in [0.2, 0.25) is 0 Å². The third-order valence-electron chi connectivity index (χ3n) is 2.59. The molecule has 0 bridgehead atoms. The van der Waals surface area contributed by atoms with Crippen molar-refractivity contribution in [2.45, 2.75) is 13.1 Å². The lowest BCUT2D eigenvalue weighted by Gasteiger charge is -2.15. The van der Waals surface area contributed by atoms with Crippen molar-refractivity contribution in [3.8, 4) is 12.3 Å². The van der Waals surface area contributed by atoms with Gasteiger partial charge in [0, 0.05) is 39.3 Å². The van der Waals surface area contributed by atoms with Crippen LogP contribution in [0.15, 0.2) is 41.0 Å². The topological polar surface area (TPSA) is 40.5 Å². The normalized spacial score (nSPS) is 11.5. The number of thioether (sulfide) groups is 1. The van der Waals surface area contributed by atoms with Gasteiger partial charge in [-0.25, -0.2) is 4.98 Å². The van der Waals surface area contributed by atoms with Crippen molar-refractivity contribution in [2.24, 2.45) is 4.99 Å². The van der Waals surface area contributed by atoms with Crippen LogP contribution in [0.1, 0.15) is 12.5 Å². The molecule has 1 aromatic heterocycles. The smallest absolute Gasteiger partial charge is 0.387 e. The first kappa shape index (κ1) is 23.6. The molecule has 0 aliphatic rings. The zero-order valence-electron chi connectivity index (χ0n) is 15.2. The summed E-state index contributed by atoms with van der Waals surface area (Å²) in [5, 5.41) is 4.93.